The van der Waals surface area contributed by atoms with Crippen molar-refractivity contribution in [2.75, 3.05) is 26.2 Å². The summed E-state index contributed by atoms with van der Waals surface area (Å²) in [5.41, 5.74) is 0. The summed E-state index contributed by atoms with van der Waals surface area (Å²) in [5, 5.41) is 3.27. The molecule has 2 aliphatic rings. The Kier molecular flexibility index (Phi) is 5.56. The van der Waals surface area contributed by atoms with Crippen LogP contribution < -0.4 is 5.32 Å². The highest BCUT2D eigenvalue weighted by atomic mass is 35.5. The molecule has 0 aromatic heterocycles. The first kappa shape index (κ1) is 13.8. The van der Waals surface area contributed by atoms with Crippen molar-refractivity contribution in [1.29, 1.82) is 0 Å². The van der Waals surface area contributed by atoms with Crippen LogP contribution in [0, 0.1) is 11.8 Å². The molecule has 0 aromatic rings. The minimum absolute atomic E-state index is 0. The van der Waals surface area contributed by atoms with E-state index < -0.39 is 0 Å². The highest BCUT2D eigenvalue weighted by Gasteiger charge is 2.27. The van der Waals surface area contributed by atoms with Crippen LogP contribution in [0.15, 0.2) is 0 Å². The van der Waals surface area contributed by atoms with Gasteiger partial charge in [-0.3, -0.25) is 4.79 Å². The monoisotopic (exact) mass is 246 g/mol. The third-order valence-electron chi connectivity index (χ3n) is 3.74. The van der Waals surface area contributed by atoms with Gasteiger partial charge in [0.15, 0.2) is 0 Å². The third-order valence-corrected chi connectivity index (χ3v) is 3.74. The molecule has 3 nitrogen and oxygen atoms in total. The molecule has 2 heterocycles. The highest BCUT2D eigenvalue weighted by Crippen LogP contribution is 2.19. The van der Waals surface area contributed by atoms with Gasteiger partial charge in [0.05, 0.1) is 5.92 Å². The quantitative estimate of drug-likeness (QED) is 0.764. The Bertz CT molecular complexity index is 229. The van der Waals surface area contributed by atoms with Gasteiger partial charge in [-0.15, -0.1) is 12.4 Å². The second kappa shape index (κ2) is 6.45. The van der Waals surface area contributed by atoms with Crippen molar-refractivity contribution in [3.8, 4) is 0 Å². The van der Waals surface area contributed by atoms with E-state index in [1.807, 2.05) is 0 Å². The van der Waals surface area contributed by atoms with Crippen LogP contribution in [-0.4, -0.2) is 37.0 Å². The van der Waals surface area contributed by atoms with Gasteiger partial charge >= 0.3 is 0 Å². The number of carbonyl (C=O) groups is 1. The average Bonchev–Trinajstić information content (AvgIpc) is 2.67. The van der Waals surface area contributed by atoms with Gasteiger partial charge in [-0.05, 0) is 38.1 Å². The van der Waals surface area contributed by atoms with Gasteiger partial charge in [0.1, 0.15) is 0 Å². The predicted molar refractivity (Wildman–Crippen MR) is 67.8 cm³/mol. The van der Waals surface area contributed by atoms with Crippen molar-refractivity contribution in [1.82, 2.24) is 10.2 Å². The molecule has 0 aliphatic carbocycles. The molecule has 0 aromatic carbocycles. The summed E-state index contributed by atoms with van der Waals surface area (Å²) in [6.45, 7) is 6.17. The molecule has 0 radical (unpaired) electrons. The van der Waals surface area contributed by atoms with Crippen LogP contribution in [0.1, 0.15) is 32.6 Å². The Morgan fingerprint density at radius 3 is 2.75 bits per heavy atom. The standard InChI is InChI=1S/C12H22N2O.ClH/c1-10-3-2-7-14(8-5-10)12(15)11-4-6-13-9-11;/h10-11,13H,2-9H2,1H3;1H/t10?,11-;/m0./s1. The fraction of sp³-hybridized carbons (Fsp3) is 0.917. The summed E-state index contributed by atoms with van der Waals surface area (Å²) < 4.78 is 0. The zero-order valence-corrected chi connectivity index (χ0v) is 10.9. The Balaban J connectivity index is 0.00000128. The molecule has 16 heavy (non-hydrogen) atoms. The Hall–Kier alpha value is -0.280. The molecule has 2 aliphatic heterocycles. The average molecular weight is 247 g/mol. The lowest BCUT2D eigenvalue weighted by molar-refractivity contribution is -0.134. The normalized spacial score (nSPS) is 30.7. The first-order valence-corrected chi connectivity index (χ1v) is 6.27. The summed E-state index contributed by atoms with van der Waals surface area (Å²) in [5.74, 6) is 1.46. The number of amides is 1. The van der Waals surface area contributed by atoms with Crippen molar-refractivity contribution in [3.63, 3.8) is 0 Å². The van der Waals surface area contributed by atoms with E-state index in [1.165, 1.54) is 19.3 Å². The van der Waals surface area contributed by atoms with E-state index in [9.17, 15) is 4.79 Å². The summed E-state index contributed by atoms with van der Waals surface area (Å²) in [7, 11) is 0. The zero-order chi connectivity index (χ0) is 10.7. The molecule has 4 heteroatoms. The lowest BCUT2D eigenvalue weighted by atomic mass is 10.0. The van der Waals surface area contributed by atoms with E-state index in [1.54, 1.807) is 0 Å². The van der Waals surface area contributed by atoms with Crippen molar-refractivity contribution >= 4 is 18.3 Å². The Labute approximate surface area is 104 Å². The number of halogens is 1. The summed E-state index contributed by atoms with van der Waals surface area (Å²) >= 11 is 0. The number of likely N-dealkylation sites (tertiary alicyclic amines) is 1. The SMILES string of the molecule is CC1CCCN(C(=O)[C@H]2CCNC2)CC1.Cl. The van der Waals surface area contributed by atoms with Crippen LogP contribution in [0.4, 0.5) is 0 Å². The van der Waals surface area contributed by atoms with Crippen LogP contribution in [0.25, 0.3) is 0 Å². The molecule has 1 unspecified atom stereocenters. The maximum atomic E-state index is 12.1. The highest BCUT2D eigenvalue weighted by molar-refractivity contribution is 5.85. The number of carbonyl (C=O) groups excluding carboxylic acids is 1. The molecular weight excluding hydrogens is 224 g/mol. The van der Waals surface area contributed by atoms with Crippen LogP contribution in [0.2, 0.25) is 0 Å². The number of hydrogen-bond donors (Lipinski definition) is 1. The molecule has 94 valence electrons. The summed E-state index contributed by atoms with van der Waals surface area (Å²) in [4.78, 5) is 14.2. The first-order valence-electron chi connectivity index (χ1n) is 6.27. The van der Waals surface area contributed by atoms with Gasteiger partial charge < -0.3 is 10.2 Å². The molecule has 1 N–H and O–H groups in total. The minimum atomic E-state index is 0. The van der Waals surface area contributed by atoms with Crippen molar-refractivity contribution in [2.45, 2.75) is 32.6 Å². The maximum Gasteiger partial charge on any atom is 0.227 e. The molecule has 2 saturated heterocycles. The Morgan fingerprint density at radius 2 is 2.06 bits per heavy atom. The largest absolute Gasteiger partial charge is 0.342 e. The zero-order valence-electron chi connectivity index (χ0n) is 10.1. The van der Waals surface area contributed by atoms with E-state index >= 15 is 0 Å². The van der Waals surface area contributed by atoms with E-state index in [0.717, 1.165) is 38.5 Å². The van der Waals surface area contributed by atoms with Crippen molar-refractivity contribution in [2.24, 2.45) is 11.8 Å². The second-order valence-corrected chi connectivity index (χ2v) is 5.05. The first-order chi connectivity index (χ1) is 7.27. The number of nitrogens with one attached hydrogen (secondary N) is 1. The third kappa shape index (κ3) is 3.36. The van der Waals surface area contributed by atoms with E-state index in [0.29, 0.717) is 5.91 Å². The lowest BCUT2D eigenvalue weighted by Crippen LogP contribution is -2.37. The second-order valence-electron chi connectivity index (χ2n) is 5.05. The molecular formula is C12H23ClN2O. The smallest absolute Gasteiger partial charge is 0.227 e. The molecule has 1 amide bonds. The lowest BCUT2D eigenvalue weighted by Gasteiger charge is -2.23. The Morgan fingerprint density at radius 1 is 1.25 bits per heavy atom. The maximum absolute atomic E-state index is 12.1. The van der Waals surface area contributed by atoms with Gasteiger partial charge in [-0.2, -0.15) is 0 Å². The fourth-order valence-electron chi connectivity index (χ4n) is 2.61. The van der Waals surface area contributed by atoms with Crippen LogP contribution in [-0.2, 0) is 4.79 Å². The van der Waals surface area contributed by atoms with E-state index in [-0.39, 0.29) is 18.3 Å². The van der Waals surface area contributed by atoms with Crippen LogP contribution >= 0.6 is 12.4 Å². The summed E-state index contributed by atoms with van der Waals surface area (Å²) in [6.07, 6.45) is 4.69. The van der Waals surface area contributed by atoms with Gasteiger partial charge in [-0.25, -0.2) is 0 Å². The topological polar surface area (TPSA) is 32.3 Å². The number of hydrogen-bond acceptors (Lipinski definition) is 2. The van der Waals surface area contributed by atoms with Crippen molar-refractivity contribution < 1.29 is 4.79 Å². The van der Waals surface area contributed by atoms with Gasteiger partial charge in [-0.1, -0.05) is 6.92 Å². The van der Waals surface area contributed by atoms with Gasteiger partial charge in [0.2, 0.25) is 5.91 Å². The van der Waals surface area contributed by atoms with Gasteiger partial charge in [0, 0.05) is 19.6 Å². The predicted octanol–water partition coefficient (Wildman–Crippen LogP) is 1.67. The molecule has 0 spiro atoms. The van der Waals surface area contributed by atoms with Crippen LogP contribution in [0.5, 0.6) is 0 Å². The van der Waals surface area contributed by atoms with E-state index in [2.05, 4.69) is 17.1 Å². The number of rotatable bonds is 1. The minimum Gasteiger partial charge on any atom is -0.342 e. The molecule has 2 rings (SSSR count). The number of nitrogens with zero attached hydrogens (tertiary/aromatic N) is 1. The van der Waals surface area contributed by atoms with Crippen molar-refractivity contribution in [3.05, 3.63) is 0 Å². The summed E-state index contributed by atoms with van der Waals surface area (Å²) in [6, 6.07) is 0. The van der Waals surface area contributed by atoms with Gasteiger partial charge in [0.25, 0.3) is 0 Å². The van der Waals surface area contributed by atoms with E-state index in [4.69, 9.17) is 0 Å². The molecule has 0 saturated carbocycles. The molecule has 2 fully saturated rings. The molecule has 0 bridgehead atoms. The fourth-order valence-corrected chi connectivity index (χ4v) is 2.61. The molecule has 2 atom stereocenters. The van der Waals surface area contributed by atoms with Crippen LogP contribution in [0.3, 0.4) is 0 Å².